The molecular weight excluding hydrogens is 372 g/mol. The SMILES string of the molecule is COc1ccc(Nc2nc(-c3ccc(C(N)=O)nc3)cn3ccnc23)cc1OC. The van der Waals surface area contributed by atoms with Crippen LogP contribution in [0.2, 0.25) is 0 Å². The van der Waals surface area contributed by atoms with Gasteiger partial charge in [0.15, 0.2) is 23.0 Å². The van der Waals surface area contributed by atoms with Crippen molar-refractivity contribution in [2.45, 2.75) is 0 Å². The second-order valence-corrected chi connectivity index (χ2v) is 6.12. The normalized spacial score (nSPS) is 10.7. The first-order chi connectivity index (χ1) is 14.1. The summed E-state index contributed by atoms with van der Waals surface area (Å²) in [7, 11) is 3.16. The fraction of sp³-hybridized carbons (Fsp3) is 0.100. The zero-order valence-electron chi connectivity index (χ0n) is 15.8. The summed E-state index contributed by atoms with van der Waals surface area (Å²) < 4.78 is 12.5. The van der Waals surface area contributed by atoms with Gasteiger partial charge >= 0.3 is 0 Å². The van der Waals surface area contributed by atoms with Crippen LogP contribution < -0.4 is 20.5 Å². The minimum atomic E-state index is -0.578. The van der Waals surface area contributed by atoms with E-state index in [1.54, 1.807) is 44.8 Å². The van der Waals surface area contributed by atoms with Crippen LogP contribution in [0.3, 0.4) is 0 Å². The quantitative estimate of drug-likeness (QED) is 0.520. The number of ether oxygens (including phenoxy) is 2. The van der Waals surface area contributed by atoms with Crippen molar-refractivity contribution in [3.05, 3.63) is 60.8 Å². The molecule has 0 saturated heterocycles. The van der Waals surface area contributed by atoms with Crippen molar-refractivity contribution in [2.75, 3.05) is 19.5 Å². The molecule has 0 radical (unpaired) electrons. The molecular formula is C20H18N6O3. The molecule has 9 heteroatoms. The lowest BCUT2D eigenvalue weighted by atomic mass is 10.2. The highest BCUT2D eigenvalue weighted by molar-refractivity contribution is 5.91. The minimum Gasteiger partial charge on any atom is -0.493 e. The van der Waals surface area contributed by atoms with Crippen molar-refractivity contribution < 1.29 is 14.3 Å². The third-order valence-electron chi connectivity index (χ3n) is 4.33. The highest BCUT2D eigenvalue weighted by atomic mass is 16.5. The van der Waals surface area contributed by atoms with Crippen LogP contribution in [0.15, 0.2) is 55.1 Å². The van der Waals surface area contributed by atoms with E-state index in [4.69, 9.17) is 15.2 Å². The fourth-order valence-electron chi connectivity index (χ4n) is 2.90. The molecule has 3 N–H and O–H groups in total. The Kier molecular flexibility index (Phi) is 4.70. The van der Waals surface area contributed by atoms with Gasteiger partial charge in [-0.05, 0) is 24.3 Å². The molecule has 1 aromatic carbocycles. The van der Waals surface area contributed by atoms with Crippen LogP contribution in [0.1, 0.15) is 10.5 Å². The number of amides is 1. The third kappa shape index (κ3) is 3.53. The summed E-state index contributed by atoms with van der Waals surface area (Å²) in [5, 5.41) is 3.27. The smallest absolute Gasteiger partial charge is 0.267 e. The number of carbonyl (C=O) groups is 1. The molecule has 3 aromatic heterocycles. The number of nitrogens with one attached hydrogen (secondary N) is 1. The topological polar surface area (TPSA) is 117 Å². The molecule has 4 aromatic rings. The molecule has 0 spiro atoms. The number of primary amides is 1. The van der Waals surface area contributed by atoms with E-state index in [0.717, 1.165) is 11.3 Å². The average molecular weight is 390 g/mol. The van der Waals surface area contributed by atoms with Crippen LogP contribution >= 0.6 is 0 Å². The van der Waals surface area contributed by atoms with Crippen molar-refractivity contribution in [1.29, 1.82) is 0 Å². The van der Waals surface area contributed by atoms with E-state index in [1.165, 1.54) is 0 Å². The maximum atomic E-state index is 11.2. The third-order valence-corrected chi connectivity index (χ3v) is 4.33. The average Bonchev–Trinajstić information content (AvgIpc) is 3.22. The number of imidazole rings is 1. The molecule has 9 nitrogen and oxygen atoms in total. The molecule has 4 rings (SSSR count). The maximum absolute atomic E-state index is 11.2. The van der Waals surface area contributed by atoms with E-state index in [1.807, 2.05) is 28.9 Å². The first-order valence-corrected chi connectivity index (χ1v) is 8.68. The summed E-state index contributed by atoms with van der Waals surface area (Å²) in [6, 6.07) is 8.80. The second-order valence-electron chi connectivity index (χ2n) is 6.12. The molecule has 0 unspecified atom stereocenters. The Bertz CT molecular complexity index is 1190. The number of benzene rings is 1. The van der Waals surface area contributed by atoms with Gasteiger partial charge in [-0.2, -0.15) is 0 Å². The highest BCUT2D eigenvalue weighted by Crippen LogP contribution is 2.32. The number of hydrogen-bond acceptors (Lipinski definition) is 7. The monoisotopic (exact) mass is 390 g/mol. The van der Waals surface area contributed by atoms with Crippen LogP contribution in [-0.4, -0.2) is 39.5 Å². The zero-order chi connectivity index (χ0) is 20.4. The largest absolute Gasteiger partial charge is 0.493 e. The molecule has 0 bridgehead atoms. The van der Waals surface area contributed by atoms with E-state index in [2.05, 4.69) is 20.3 Å². The van der Waals surface area contributed by atoms with Gasteiger partial charge in [-0.25, -0.2) is 9.97 Å². The van der Waals surface area contributed by atoms with Crippen LogP contribution in [0.5, 0.6) is 11.5 Å². The number of carbonyl (C=O) groups excluding carboxylic acids is 1. The number of methoxy groups -OCH3 is 2. The zero-order valence-corrected chi connectivity index (χ0v) is 15.8. The summed E-state index contributed by atoms with van der Waals surface area (Å²) in [6.45, 7) is 0. The summed E-state index contributed by atoms with van der Waals surface area (Å²) in [4.78, 5) is 24.4. The van der Waals surface area contributed by atoms with Crippen molar-refractivity contribution >= 4 is 23.1 Å². The number of pyridine rings is 1. The van der Waals surface area contributed by atoms with E-state index >= 15 is 0 Å². The summed E-state index contributed by atoms with van der Waals surface area (Å²) >= 11 is 0. The predicted octanol–water partition coefficient (Wildman–Crippen LogP) is 2.65. The number of anilines is 2. The van der Waals surface area contributed by atoms with Crippen LogP contribution in [-0.2, 0) is 0 Å². The Labute approximate surface area is 166 Å². The summed E-state index contributed by atoms with van der Waals surface area (Å²) in [5.41, 5.74) is 8.27. The van der Waals surface area contributed by atoms with Crippen molar-refractivity contribution in [3.63, 3.8) is 0 Å². The molecule has 29 heavy (non-hydrogen) atoms. The molecule has 0 saturated carbocycles. The molecule has 1 amide bonds. The predicted molar refractivity (Wildman–Crippen MR) is 108 cm³/mol. The molecule has 146 valence electrons. The number of nitrogens with zero attached hydrogens (tertiary/aromatic N) is 4. The number of hydrogen-bond donors (Lipinski definition) is 2. The first-order valence-electron chi connectivity index (χ1n) is 8.68. The van der Waals surface area contributed by atoms with Crippen LogP contribution in [0.25, 0.3) is 16.9 Å². The van der Waals surface area contributed by atoms with Gasteiger partial charge in [-0.3, -0.25) is 9.78 Å². The van der Waals surface area contributed by atoms with E-state index in [-0.39, 0.29) is 5.69 Å². The van der Waals surface area contributed by atoms with Crippen LogP contribution in [0.4, 0.5) is 11.5 Å². The van der Waals surface area contributed by atoms with E-state index in [9.17, 15) is 4.79 Å². The van der Waals surface area contributed by atoms with Crippen molar-refractivity contribution in [3.8, 4) is 22.8 Å². The summed E-state index contributed by atoms with van der Waals surface area (Å²) in [5.74, 6) is 1.20. The number of aromatic nitrogens is 4. The van der Waals surface area contributed by atoms with Crippen molar-refractivity contribution in [2.24, 2.45) is 5.73 Å². The van der Waals surface area contributed by atoms with Gasteiger partial charge in [0, 0.05) is 42.1 Å². The number of fused-ring (bicyclic) bond motifs is 1. The molecule has 0 fully saturated rings. The molecule has 0 aliphatic carbocycles. The molecule has 0 aliphatic heterocycles. The van der Waals surface area contributed by atoms with Gasteiger partial charge in [-0.1, -0.05) is 0 Å². The Balaban J connectivity index is 1.74. The Hall–Kier alpha value is -4.14. The van der Waals surface area contributed by atoms with Gasteiger partial charge in [0.2, 0.25) is 0 Å². The number of rotatable bonds is 6. The van der Waals surface area contributed by atoms with Crippen molar-refractivity contribution in [1.82, 2.24) is 19.4 Å². The van der Waals surface area contributed by atoms with Gasteiger partial charge in [-0.15, -0.1) is 0 Å². The maximum Gasteiger partial charge on any atom is 0.267 e. The first kappa shape index (κ1) is 18.2. The van der Waals surface area contributed by atoms with E-state index in [0.29, 0.717) is 28.7 Å². The Morgan fingerprint density at radius 3 is 2.62 bits per heavy atom. The lowest BCUT2D eigenvalue weighted by Crippen LogP contribution is -2.12. The van der Waals surface area contributed by atoms with E-state index < -0.39 is 5.91 Å². The molecule has 0 aliphatic rings. The standard InChI is InChI=1S/C20H18N6O3/c1-28-16-6-4-13(9-17(16)29-2)24-19-20-22-7-8-26(20)11-15(25-19)12-3-5-14(18(21)27)23-10-12/h3-11H,1-2H3,(H2,21,27)(H,24,25). The second kappa shape index (κ2) is 7.47. The summed E-state index contributed by atoms with van der Waals surface area (Å²) in [6.07, 6.45) is 6.91. The number of nitrogens with two attached hydrogens (primary N) is 1. The Morgan fingerprint density at radius 2 is 1.93 bits per heavy atom. The van der Waals surface area contributed by atoms with Gasteiger partial charge < -0.3 is 24.9 Å². The molecule has 3 heterocycles. The van der Waals surface area contributed by atoms with Gasteiger partial charge in [0.1, 0.15) is 5.69 Å². The lowest BCUT2D eigenvalue weighted by Gasteiger charge is -2.12. The van der Waals surface area contributed by atoms with Gasteiger partial charge in [0.05, 0.1) is 19.9 Å². The minimum absolute atomic E-state index is 0.195. The van der Waals surface area contributed by atoms with Crippen LogP contribution in [0, 0.1) is 0 Å². The highest BCUT2D eigenvalue weighted by Gasteiger charge is 2.12. The fourth-order valence-corrected chi connectivity index (χ4v) is 2.90. The lowest BCUT2D eigenvalue weighted by molar-refractivity contribution is 0.0995. The van der Waals surface area contributed by atoms with Gasteiger partial charge in [0.25, 0.3) is 5.91 Å². The Morgan fingerprint density at radius 1 is 1.10 bits per heavy atom. The molecule has 0 atom stereocenters.